The van der Waals surface area contributed by atoms with Crippen LogP contribution < -0.4 is 24.6 Å². The van der Waals surface area contributed by atoms with Gasteiger partial charge in [-0.1, -0.05) is 47.4 Å². The summed E-state index contributed by atoms with van der Waals surface area (Å²) in [5.74, 6) is -2.98. The van der Waals surface area contributed by atoms with E-state index in [2.05, 4.69) is 5.32 Å². The molecule has 1 fully saturated rings. The number of amides is 3. The van der Waals surface area contributed by atoms with Crippen molar-refractivity contribution in [1.82, 2.24) is 4.57 Å². The molecule has 232 valence electrons. The van der Waals surface area contributed by atoms with Gasteiger partial charge in [-0.15, -0.1) is 0 Å². The Bertz CT molecular complexity index is 1850. The number of para-hydroxylation sites is 1. The number of methoxy groups -OCH3 is 2. The van der Waals surface area contributed by atoms with Crippen LogP contribution in [0.4, 0.5) is 24.5 Å². The molecule has 0 bridgehead atoms. The molecule has 2 aliphatic rings. The summed E-state index contributed by atoms with van der Waals surface area (Å²) in [7, 11) is 3.00. The van der Waals surface area contributed by atoms with Crippen molar-refractivity contribution in [3.05, 3.63) is 98.5 Å². The molecular formula is C31H24F3N3O6S2. The van der Waals surface area contributed by atoms with Crippen LogP contribution in [0.5, 0.6) is 11.5 Å². The van der Waals surface area contributed by atoms with Crippen LogP contribution in [0.2, 0.25) is 0 Å². The highest BCUT2D eigenvalue weighted by Gasteiger charge is 2.57. The second-order valence-corrected chi connectivity index (χ2v) is 12.4. The van der Waals surface area contributed by atoms with Gasteiger partial charge in [-0.2, -0.15) is 13.2 Å². The molecule has 45 heavy (non-hydrogen) atoms. The van der Waals surface area contributed by atoms with E-state index in [0.717, 1.165) is 35.2 Å². The highest BCUT2D eigenvalue weighted by molar-refractivity contribution is 8.00. The molecule has 3 heterocycles. The van der Waals surface area contributed by atoms with Gasteiger partial charge >= 0.3 is 11.0 Å². The van der Waals surface area contributed by atoms with Crippen molar-refractivity contribution in [1.29, 1.82) is 0 Å². The fourth-order valence-corrected chi connectivity index (χ4v) is 8.36. The number of aromatic nitrogens is 1. The Morgan fingerprint density at radius 3 is 2.13 bits per heavy atom. The quantitative estimate of drug-likeness (QED) is 0.267. The third-order valence-electron chi connectivity index (χ3n) is 7.65. The monoisotopic (exact) mass is 655 g/mol. The average molecular weight is 656 g/mol. The number of benzene rings is 3. The lowest BCUT2D eigenvalue weighted by Crippen LogP contribution is -2.33. The van der Waals surface area contributed by atoms with Crippen molar-refractivity contribution in [3.63, 3.8) is 0 Å². The maximum Gasteiger partial charge on any atom is 0.418 e. The van der Waals surface area contributed by atoms with Crippen LogP contribution in [0.25, 0.3) is 0 Å². The third-order valence-corrected chi connectivity index (χ3v) is 10.3. The molecule has 1 aromatic heterocycles. The molecule has 0 radical (unpaired) electrons. The number of carbonyl (C=O) groups excluding carboxylic acids is 3. The maximum atomic E-state index is 14.0. The Kier molecular flexibility index (Phi) is 7.95. The number of rotatable bonds is 7. The van der Waals surface area contributed by atoms with Gasteiger partial charge in [0.05, 0.1) is 36.4 Å². The number of anilines is 2. The van der Waals surface area contributed by atoms with Crippen LogP contribution in [0, 0.1) is 5.92 Å². The van der Waals surface area contributed by atoms with E-state index < -0.39 is 57.1 Å². The summed E-state index contributed by atoms with van der Waals surface area (Å²) in [6, 6.07) is 17.7. The van der Waals surface area contributed by atoms with Crippen LogP contribution in [0.3, 0.4) is 0 Å². The summed E-state index contributed by atoms with van der Waals surface area (Å²) in [5, 5.41) is 1.88. The molecule has 3 amide bonds. The minimum absolute atomic E-state index is 0.309. The van der Waals surface area contributed by atoms with Gasteiger partial charge in [0.1, 0.15) is 23.3 Å². The zero-order chi connectivity index (χ0) is 32.0. The summed E-state index contributed by atoms with van der Waals surface area (Å²) in [6.45, 7) is -0.390. The molecular weight excluding hydrogens is 631 g/mol. The molecule has 1 saturated heterocycles. The van der Waals surface area contributed by atoms with Crippen molar-refractivity contribution in [2.24, 2.45) is 5.92 Å². The molecule has 3 aromatic carbocycles. The van der Waals surface area contributed by atoms with Crippen LogP contribution in [-0.2, 0) is 27.1 Å². The number of halogens is 3. The summed E-state index contributed by atoms with van der Waals surface area (Å²) in [6.07, 6.45) is -4.82. The topological polar surface area (TPSA) is 107 Å². The average Bonchev–Trinajstić information content (AvgIpc) is 3.47. The molecule has 9 nitrogen and oxygen atoms in total. The minimum atomic E-state index is -4.82. The van der Waals surface area contributed by atoms with Crippen molar-refractivity contribution < 1.29 is 37.0 Å². The number of nitrogens with one attached hydrogen (secondary N) is 1. The largest absolute Gasteiger partial charge is 0.497 e. The fraction of sp³-hybridized carbons (Fsp3) is 0.226. The molecule has 0 aliphatic carbocycles. The van der Waals surface area contributed by atoms with Gasteiger partial charge < -0.3 is 14.8 Å². The van der Waals surface area contributed by atoms with Gasteiger partial charge in [0.25, 0.3) is 0 Å². The summed E-state index contributed by atoms with van der Waals surface area (Å²) in [4.78, 5) is 54.8. The van der Waals surface area contributed by atoms with E-state index in [1.54, 1.807) is 48.5 Å². The zero-order valence-electron chi connectivity index (χ0n) is 23.7. The zero-order valence-corrected chi connectivity index (χ0v) is 25.3. The van der Waals surface area contributed by atoms with E-state index in [0.29, 0.717) is 37.6 Å². The Morgan fingerprint density at radius 2 is 1.51 bits per heavy atom. The van der Waals surface area contributed by atoms with Crippen LogP contribution in [-0.4, -0.2) is 41.8 Å². The predicted octanol–water partition coefficient (Wildman–Crippen LogP) is 5.38. The number of fused-ring (bicyclic) bond motifs is 2. The van der Waals surface area contributed by atoms with Gasteiger partial charge in [-0.3, -0.25) is 23.7 Å². The van der Waals surface area contributed by atoms with E-state index in [4.69, 9.17) is 9.47 Å². The molecule has 3 atom stereocenters. The van der Waals surface area contributed by atoms with Gasteiger partial charge in [-0.25, -0.2) is 4.90 Å². The van der Waals surface area contributed by atoms with E-state index >= 15 is 0 Å². The second kappa shape index (κ2) is 11.7. The number of hydrogen-bond donors (Lipinski definition) is 1. The van der Waals surface area contributed by atoms with Crippen molar-refractivity contribution in [3.8, 4) is 11.5 Å². The number of ether oxygens (including phenoxy) is 2. The number of thioether (sulfide) groups is 1. The molecule has 3 unspecified atom stereocenters. The fourth-order valence-electron chi connectivity index (χ4n) is 5.59. The number of hydrogen-bond acceptors (Lipinski definition) is 8. The number of carbonyl (C=O) groups is 3. The van der Waals surface area contributed by atoms with Gasteiger partial charge in [0, 0.05) is 16.5 Å². The normalized spacial score (nSPS) is 19.2. The smallest absolute Gasteiger partial charge is 0.418 e. The summed E-state index contributed by atoms with van der Waals surface area (Å²) in [5.41, 5.74) is -0.630. The Hall–Kier alpha value is -4.56. The standard InChI is InChI=1S/C31H24F3N3O6S2/c1-42-18-11-7-16(8-12-18)23-24-25(28(40)37(27(24)39)21-6-4-3-5-20(21)31(32,33)34)44-29-26(23)45-30(41)36(29)15-22(38)35-17-9-13-19(43-2)14-10-17/h3-14,23-25H,15H2,1-2H3,(H,35,38). The number of thiazole rings is 1. The lowest BCUT2D eigenvalue weighted by Gasteiger charge is -2.30. The van der Waals surface area contributed by atoms with Crippen molar-refractivity contribution in [2.75, 3.05) is 24.4 Å². The Balaban J connectivity index is 1.41. The molecule has 1 N–H and O–H groups in total. The Labute approximate surface area is 262 Å². The van der Waals surface area contributed by atoms with Crippen LogP contribution in [0.15, 0.2) is 82.6 Å². The summed E-state index contributed by atoms with van der Waals surface area (Å²) < 4.78 is 53.5. The molecule has 2 aliphatic heterocycles. The van der Waals surface area contributed by atoms with Crippen molar-refractivity contribution >= 4 is 52.2 Å². The van der Waals surface area contributed by atoms with Crippen LogP contribution >= 0.6 is 23.1 Å². The third kappa shape index (κ3) is 5.48. The molecule has 0 saturated carbocycles. The van der Waals surface area contributed by atoms with E-state index in [9.17, 15) is 32.3 Å². The van der Waals surface area contributed by atoms with E-state index in [1.165, 1.54) is 30.9 Å². The SMILES string of the molecule is COc1ccc(NC(=O)Cn2c3c(sc2=O)C(c2ccc(OC)cc2)C2C(=O)N(c4ccccc4C(F)(F)F)C(=O)C2S3)cc1. The van der Waals surface area contributed by atoms with E-state index in [-0.39, 0.29) is 6.54 Å². The van der Waals surface area contributed by atoms with Gasteiger partial charge in [0.2, 0.25) is 17.7 Å². The van der Waals surface area contributed by atoms with Crippen molar-refractivity contribution in [2.45, 2.75) is 28.9 Å². The second-order valence-electron chi connectivity index (χ2n) is 10.2. The molecule has 6 rings (SSSR count). The summed E-state index contributed by atoms with van der Waals surface area (Å²) >= 11 is 1.75. The highest BCUT2D eigenvalue weighted by atomic mass is 32.2. The first-order valence-corrected chi connectivity index (χ1v) is 15.2. The lowest BCUT2D eigenvalue weighted by molar-refractivity contribution is -0.137. The molecule has 14 heteroatoms. The van der Waals surface area contributed by atoms with Gasteiger partial charge in [0.15, 0.2) is 0 Å². The first kappa shape index (κ1) is 30.5. The number of nitrogens with zero attached hydrogens (tertiary/aromatic N) is 2. The molecule has 0 spiro atoms. The first-order valence-electron chi connectivity index (χ1n) is 13.5. The van der Waals surface area contributed by atoms with Gasteiger partial charge in [-0.05, 0) is 54.1 Å². The predicted molar refractivity (Wildman–Crippen MR) is 162 cm³/mol. The van der Waals surface area contributed by atoms with Crippen LogP contribution in [0.1, 0.15) is 21.9 Å². The minimum Gasteiger partial charge on any atom is -0.497 e. The number of alkyl halides is 3. The lowest BCUT2D eigenvalue weighted by atomic mass is 9.83. The Morgan fingerprint density at radius 1 is 0.889 bits per heavy atom. The molecule has 4 aromatic rings. The highest BCUT2D eigenvalue weighted by Crippen LogP contribution is 2.54. The van der Waals surface area contributed by atoms with E-state index in [1.807, 2.05) is 0 Å². The maximum absolute atomic E-state index is 14.0. The first-order chi connectivity index (χ1) is 21.5. The number of imide groups is 1.